The summed E-state index contributed by atoms with van der Waals surface area (Å²) in [6, 6.07) is 5.44. The van der Waals surface area contributed by atoms with Crippen LogP contribution in [0.4, 0.5) is 0 Å². The van der Waals surface area contributed by atoms with Crippen molar-refractivity contribution < 1.29 is 4.79 Å². The van der Waals surface area contributed by atoms with Crippen LogP contribution in [0.25, 0.3) is 0 Å². The van der Waals surface area contributed by atoms with Crippen LogP contribution in [-0.4, -0.2) is 50.1 Å². The van der Waals surface area contributed by atoms with Crippen LogP contribution >= 0.6 is 23.2 Å². The zero-order valence-corrected chi connectivity index (χ0v) is 13.5. The van der Waals surface area contributed by atoms with E-state index in [2.05, 4.69) is 15.5 Å². The Hall–Kier alpha value is -0.810. The maximum atomic E-state index is 11.9. The summed E-state index contributed by atoms with van der Waals surface area (Å²) in [6.07, 6.45) is 1.80. The molecule has 116 valence electrons. The molecular weight excluding hydrogens is 309 g/mol. The topological polar surface area (TPSA) is 44.4 Å². The average molecular weight is 330 g/mol. The molecule has 1 saturated heterocycles. The van der Waals surface area contributed by atoms with E-state index in [4.69, 9.17) is 23.2 Å². The van der Waals surface area contributed by atoms with Gasteiger partial charge in [0.15, 0.2) is 0 Å². The van der Waals surface area contributed by atoms with Gasteiger partial charge in [0.2, 0.25) is 5.91 Å². The first-order valence-corrected chi connectivity index (χ1v) is 8.04. The molecule has 1 amide bonds. The third-order valence-electron chi connectivity index (χ3n) is 3.53. The number of rotatable bonds is 5. The minimum absolute atomic E-state index is 0.0713. The molecule has 1 aromatic carbocycles. The molecule has 0 radical (unpaired) electrons. The smallest absolute Gasteiger partial charge is 0.234 e. The predicted molar refractivity (Wildman–Crippen MR) is 87.1 cm³/mol. The minimum Gasteiger partial charge on any atom is -0.355 e. The lowest BCUT2D eigenvalue weighted by Crippen LogP contribution is -2.39. The monoisotopic (exact) mass is 329 g/mol. The van der Waals surface area contributed by atoms with E-state index in [0.29, 0.717) is 29.6 Å². The fraction of sp³-hybridized carbons (Fsp3) is 0.533. The Labute approximate surface area is 135 Å². The van der Waals surface area contributed by atoms with E-state index >= 15 is 0 Å². The maximum absolute atomic E-state index is 11.9. The van der Waals surface area contributed by atoms with Gasteiger partial charge in [-0.3, -0.25) is 9.69 Å². The number of benzene rings is 1. The number of nitrogens with zero attached hydrogens (tertiary/aromatic N) is 1. The lowest BCUT2D eigenvalue weighted by molar-refractivity contribution is -0.122. The second-order valence-electron chi connectivity index (χ2n) is 5.22. The molecule has 2 rings (SSSR count). The van der Waals surface area contributed by atoms with Gasteiger partial charge in [0, 0.05) is 29.7 Å². The molecule has 4 nitrogen and oxygen atoms in total. The Bertz CT molecular complexity index is 474. The van der Waals surface area contributed by atoms with Crippen molar-refractivity contribution >= 4 is 29.1 Å². The highest BCUT2D eigenvalue weighted by molar-refractivity contribution is 6.35. The van der Waals surface area contributed by atoms with Crippen LogP contribution < -0.4 is 10.6 Å². The molecule has 1 fully saturated rings. The SMILES string of the molecule is O=C(CN1CCCNCC1)NCCc1ccc(Cl)cc1Cl. The highest BCUT2D eigenvalue weighted by Crippen LogP contribution is 2.20. The lowest BCUT2D eigenvalue weighted by atomic mass is 10.1. The van der Waals surface area contributed by atoms with Crippen LogP contribution in [0.15, 0.2) is 18.2 Å². The van der Waals surface area contributed by atoms with Gasteiger partial charge in [-0.25, -0.2) is 0 Å². The van der Waals surface area contributed by atoms with Crippen LogP contribution in [0.3, 0.4) is 0 Å². The maximum Gasteiger partial charge on any atom is 0.234 e. The highest BCUT2D eigenvalue weighted by atomic mass is 35.5. The molecule has 0 atom stereocenters. The molecule has 0 unspecified atom stereocenters. The molecule has 21 heavy (non-hydrogen) atoms. The van der Waals surface area contributed by atoms with E-state index < -0.39 is 0 Å². The Kier molecular flexibility index (Phi) is 6.77. The van der Waals surface area contributed by atoms with Gasteiger partial charge in [-0.1, -0.05) is 29.3 Å². The quantitative estimate of drug-likeness (QED) is 0.867. The number of carbonyl (C=O) groups excluding carboxylic acids is 1. The first kappa shape index (κ1) is 16.6. The molecule has 6 heteroatoms. The third-order valence-corrected chi connectivity index (χ3v) is 4.12. The van der Waals surface area contributed by atoms with E-state index in [9.17, 15) is 4.79 Å². The molecular formula is C15H21Cl2N3O. The van der Waals surface area contributed by atoms with Crippen LogP contribution in [-0.2, 0) is 11.2 Å². The van der Waals surface area contributed by atoms with Crippen molar-refractivity contribution in [2.24, 2.45) is 0 Å². The Balaban J connectivity index is 1.71. The Morgan fingerprint density at radius 1 is 1.29 bits per heavy atom. The van der Waals surface area contributed by atoms with Crippen molar-refractivity contribution in [2.45, 2.75) is 12.8 Å². The summed E-state index contributed by atoms with van der Waals surface area (Å²) < 4.78 is 0. The third kappa shape index (κ3) is 5.83. The average Bonchev–Trinajstić information content (AvgIpc) is 2.70. The van der Waals surface area contributed by atoms with E-state index in [1.165, 1.54) is 0 Å². The van der Waals surface area contributed by atoms with Crippen molar-refractivity contribution in [3.05, 3.63) is 33.8 Å². The summed E-state index contributed by atoms with van der Waals surface area (Å²) in [7, 11) is 0. The number of hydrogen-bond acceptors (Lipinski definition) is 3. The summed E-state index contributed by atoms with van der Waals surface area (Å²) >= 11 is 12.0. The van der Waals surface area contributed by atoms with Gasteiger partial charge in [0.25, 0.3) is 0 Å². The van der Waals surface area contributed by atoms with Crippen molar-refractivity contribution in [1.29, 1.82) is 0 Å². The van der Waals surface area contributed by atoms with E-state index in [-0.39, 0.29) is 5.91 Å². The number of halogens is 2. The molecule has 0 bridgehead atoms. The van der Waals surface area contributed by atoms with Crippen molar-refractivity contribution in [3.63, 3.8) is 0 Å². The molecule has 1 heterocycles. The molecule has 0 aliphatic carbocycles. The summed E-state index contributed by atoms with van der Waals surface area (Å²) in [4.78, 5) is 14.1. The van der Waals surface area contributed by atoms with Crippen LogP contribution in [0, 0.1) is 0 Å². The molecule has 1 aliphatic heterocycles. The summed E-state index contributed by atoms with van der Waals surface area (Å²) in [5.74, 6) is 0.0713. The normalized spacial score (nSPS) is 16.5. The van der Waals surface area contributed by atoms with Crippen molar-refractivity contribution in [2.75, 3.05) is 39.3 Å². The first-order valence-electron chi connectivity index (χ1n) is 7.29. The molecule has 1 aromatic rings. The van der Waals surface area contributed by atoms with E-state index in [1.807, 2.05) is 12.1 Å². The van der Waals surface area contributed by atoms with Gasteiger partial charge < -0.3 is 10.6 Å². The largest absolute Gasteiger partial charge is 0.355 e. The Morgan fingerprint density at radius 2 is 2.14 bits per heavy atom. The van der Waals surface area contributed by atoms with Gasteiger partial charge in [0.1, 0.15) is 0 Å². The second kappa shape index (κ2) is 8.59. The zero-order chi connectivity index (χ0) is 15.1. The van der Waals surface area contributed by atoms with E-state index in [0.717, 1.165) is 38.2 Å². The molecule has 1 aliphatic rings. The van der Waals surface area contributed by atoms with Gasteiger partial charge in [0.05, 0.1) is 6.54 Å². The summed E-state index contributed by atoms with van der Waals surface area (Å²) in [5, 5.41) is 7.55. The number of nitrogens with one attached hydrogen (secondary N) is 2. The van der Waals surface area contributed by atoms with Gasteiger partial charge in [-0.2, -0.15) is 0 Å². The number of carbonyl (C=O) groups is 1. The fourth-order valence-electron chi connectivity index (χ4n) is 2.38. The number of amides is 1. The minimum atomic E-state index is 0.0713. The molecule has 0 aromatic heterocycles. The van der Waals surface area contributed by atoms with Gasteiger partial charge in [-0.05, 0) is 43.6 Å². The van der Waals surface area contributed by atoms with Crippen LogP contribution in [0.2, 0.25) is 10.0 Å². The Morgan fingerprint density at radius 3 is 2.95 bits per heavy atom. The summed E-state index contributed by atoms with van der Waals surface area (Å²) in [6.45, 7) is 4.95. The highest BCUT2D eigenvalue weighted by Gasteiger charge is 2.12. The fourth-order valence-corrected chi connectivity index (χ4v) is 2.88. The van der Waals surface area contributed by atoms with E-state index in [1.54, 1.807) is 6.07 Å². The summed E-state index contributed by atoms with van der Waals surface area (Å²) in [5.41, 5.74) is 1.00. The number of hydrogen-bond donors (Lipinski definition) is 2. The van der Waals surface area contributed by atoms with Crippen molar-refractivity contribution in [3.8, 4) is 0 Å². The van der Waals surface area contributed by atoms with Crippen molar-refractivity contribution in [1.82, 2.24) is 15.5 Å². The zero-order valence-electron chi connectivity index (χ0n) is 12.0. The van der Waals surface area contributed by atoms with Crippen LogP contribution in [0.5, 0.6) is 0 Å². The predicted octanol–water partition coefficient (Wildman–Crippen LogP) is 1.95. The molecule has 0 saturated carbocycles. The van der Waals surface area contributed by atoms with Gasteiger partial charge in [-0.15, -0.1) is 0 Å². The van der Waals surface area contributed by atoms with Gasteiger partial charge >= 0.3 is 0 Å². The second-order valence-corrected chi connectivity index (χ2v) is 6.06. The molecule has 2 N–H and O–H groups in total. The van der Waals surface area contributed by atoms with Crippen LogP contribution in [0.1, 0.15) is 12.0 Å². The molecule has 0 spiro atoms. The standard InChI is InChI=1S/C15H21Cl2N3O/c16-13-3-2-12(14(17)10-13)4-6-19-15(21)11-20-8-1-5-18-7-9-20/h2-3,10,18H,1,4-9,11H2,(H,19,21). The first-order chi connectivity index (χ1) is 10.1. The lowest BCUT2D eigenvalue weighted by Gasteiger charge is -2.18.